The Labute approximate surface area is 152 Å². The summed E-state index contributed by atoms with van der Waals surface area (Å²) < 4.78 is 15.6. The summed E-state index contributed by atoms with van der Waals surface area (Å²) in [6, 6.07) is 2.85. The summed E-state index contributed by atoms with van der Waals surface area (Å²) in [6.07, 6.45) is 0. The zero-order chi connectivity index (χ0) is 15.5. The summed E-state index contributed by atoms with van der Waals surface area (Å²) in [6.45, 7) is 5.80. The van der Waals surface area contributed by atoms with Gasteiger partial charge in [0.25, 0.3) is 0 Å². The molecule has 0 aromatic heterocycles. The van der Waals surface area contributed by atoms with Gasteiger partial charge in [0, 0.05) is 4.47 Å². The molecule has 23 heavy (non-hydrogen) atoms. The van der Waals surface area contributed by atoms with Crippen LogP contribution in [0.3, 0.4) is 0 Å². The molecule has 4 fully saturated rings. The standard InChI is InChI=1S/C14H16BrFN4O2.BrH/c15-10-1-11(14(21)22)12(13(16)2-10)3-20-7-17-4-18(8-20)6-19(5-17)9-20;/h1-2H,3-9H2;1H. The summed E-state index contributed by atoms with van der Waals surface area (Å²) in [7, 11) is 0. The van der Waals surface area contributed by atoms with E-state index in [1.165, 1.54) is 12.1 Å². The van der Waals surface area contributed by atoms with Crippen LogP contribution in [0.1, 0.15) is 15.9 Å². The van der Waals surface area contributed by atoms with Gasteiger partial charge in [-0.15, -0.1) is 0 Å². The molecule has 1 N–H and O–H groups in total. The molecule has 6 nitrogen and oxygen atoms in total. The van der Waals surface area contributed by atoms with E-state index in [0.29, 0.717) is 21.1 Å². The largest absolute Gasteiger partial charge is 1.00 e. The average molecular weight is 452 g/mol. The Morgan fingerprint density at radius 2 is 1.70 bits per heavy atom. The number of carboxylic acids is 1. The molecule has 0 atom stereocenters. The van der Waals surface area contributed by atoms with Crippen molar-refractivity contribution in [2.24, 2.45) is 0 Å². The Morgan fingerprint density at radius 3 is 2.17 bits per heavy atom. The second kappa shape index (κ2) is 6.05. The molecule has 9 heteroatoms. The van der Waals surface area contributed by atoms with E-state index in [9.17, 15) is 14.3 Å². The van der Waals surface area contributed by atoms with E-state index in [2.05, 4.69) is 30.6 Å². The van der Waals surface area contributed by atoms with Gasteiger partial charge in [0.2, 0.25) is 0 Å². The van der Waals surface area contributed by atoms with Gasteiger partial charge in [0.05, 0.1) is 31.1 Å². The van der Waals surface area contributed by atoms with Crippen molar-refractivity contribution in [2.45, 2.75) is 6.54 Å². The molecule has 126 valence electrons. The van der Waals surface area contributed by atoms with Crippen LogP contribution in [0.2, 0.25) is 0 Å². The van der Waals surface area contributed by atoms with Crippen molar-refractivity contribution >= 4 is 21.9 Å². The predicted octanol–water partition coefficient (Wildman–Crippen LogP) is -1.70. The van der Waals surface area contributed by atoms with Gasteiger partial charge in [-0.1, -0.05) is 15.9 Å². The summed E-state index contributed by atoms with van der Waals surface area (Å²) >= 11 is 3.18. The lowest BCUT2D eigenvalue weighted by Gasteiger charge is -2.60. The van der Waals surface area contributed by atoms with E-state index in [0.717, 1.165) is 40.0 Å². The monoisotopic (exact) mass is 450 g/mol. The van der Waals surface area contributed by atoms with Crippen LogP contribution in [0, 0.1) is 5.82 Å². The fourth-order valence-electron chi connectivity index (χ4n) is 4.10. The lowest BCUT2D eigenvalue weighted by atomic mass is 10.0. The third kappa shape index (κ3) is 3.06. The third-order valence-electron chi connectivity index (χ3n) is 4.58. The van der Waals surface area contributed by atoms with E-state index in [4.69, 9.17) is 0 Å². The maximum atomic E-state index is 14.4. The molecule has 0 aliphatic carbocycles. The van der Waals surface area contributed by atoms with Gasteiger partial charge in [-0.05, 0) is 12.1 Å². The number of rotatable bonds is 3. The van der Waals surface area contributed by atoms with Gasteiger partial charge in [0.15, 0.2) is 0 Å². The first-order valence-electron chi connectivity index (χ1n) is 7.17. The van der Waals surface area contributed by atoms with Gasteiger partial charge in [-0.3, -0.25) is 4.48 Å². The first-order chi connectivity index (χ1) is 10.4. The van der Waals surface area contributed by atoms with Crippen molar-refractivity contribution in [3.63, 3.8) is 0 Å². The molecule has 0 spiro atoms. The van der Waals surface area contributed by atoms with Gasteiger partial charge >= 0.3 is 5.97 Å². The number of quaternary nitrogens is 1. The lowest BCUT2D eigenvalue weighted by Crippen LogP contribution is -3.00. The molecule has 1 aromatic carbocycles. The SMILES string of the molecule is O=C(O)c1cc(Br)cc(F)c1C[N+]12CN3CN(CN(C3)C1)C2.[Br-]. The molecule has 4 bridgehead atoms. The summed E-state index contributed by atoms with van der Waals surface area (Å²) in [5, 5.41) is 9.40. The normalized spacial score (nSPS) is 34.3. The topological polar surface area (TPSA) is 47.0 Å². The van der Waals surface area contributed by atoms with Crippen molar-refractivity contribution < 1.29 is 35.8 Å². The van der Waals surface area contributed by atoms with Crippen LogP contribution in [0.25, 0.3) is 0 Å². The minimum atomic E-state index is -1.08. The number of nitrogens with zero attached hydrogens (tertiary/aromatic N) is 4. The number of hydrogen-bond acceptors (Lipinski definition) is 4. The van der Waals surface area contributed by atoms with Crippen molar-refractivity contribution in [1.82, 2.24) is 14.7 Å². The molecule has 0 amide bonds. The van der Waals surface area contributed by atoms with Crippen LogP contribution in [0.4, 0.5) is 4.39 Å². The van der Waals surface area contributed by atoms with Gasteiger partial charge < -0.3 is 22.1 Å². The fraction of sp³-hybridized carbons (Fsp3) is 0.500. The van der Waals surface area contributed by atoms with E-state index < -0.39 is 11.8 Å². The Bertz CT molecular complexity index is 623. The van der Waals surface area contributed by atoms with Crippen LogP contribution < -0.4 is 17.0 Å². The van der Waals surface area contributed by atoms with E-state index in [-0.39, 0.29) is 22.5 Å². The second-order valence-electron chi connectivity index (χ2n) is 6.58. The molecule has 4 saturated heterocycles. The highest BCUT2D eigenvalue weighted by Gasteiger charge is 2.49. The maximum absolute atomic E-state index is 14.4. The Morgan fingerprint density at radius 1 is 1.17 bits per heavy atom. The number of carboxylic acid groups (broad SMARTS) is 1. The van der Waals surface area contributed by atoms with Crippen molar-refractivity contribution in [2.75, 3.05) is 40.0 Å². The number of halogens is 3. The third-order valence-corrected chi connectivity index (χ3v) is 5.04. The van der Waals surface area contributed by atoms with Gasteiger partial charge in [0.1, 0.15) is 32.4 Å². The minimum Gasteiger partial charge on any atom is -1.00 e. The maximum Gasteiger partial charge on any atom is 0.336 e. The van der Waals surface area contributed by atoms with Crippen molar-refractivity contribution in [3.05, 3.63) is 33.5 Å². The second-order valence-corrected chi connectivity index (χ2v) is 7.50. The Balaban J connectivity index is 0.00000156. The molecular formula is C14H17Br2FN4O2. The zero-order valence-corrected chi connectivity index (χ0v) is 15.6. The first kappa shape index (κ1) is 17.2. The zero-order valence-electron chi connectivity index (χ0n) is 12.4. The molecule has 0 radical (unpaired) electrons. The molecule has 4 heterocycles. The Hall–Kier alpha value is -0.580. The van der Waals surface area contributed by atoms with E-state index >= 15 is 0 Å². The van der Waals surface area contributed by atoms with Crippen LogP contribution in [-0.2, 0) is 6.54 Å². The highest BCUT2D eigenvalue weighted by Crippen LogP contribution is 2.33. The molecule has 5 rings (SSSR count). The number of carbonyl (C=O) groups is 1. The van der Waals surface area contributed by atoms with Crippen molar-refractivity contribution in [1.29, 1.82) is 0 Å². The summed E-state index contributed by atoms with van der Waals surface area (Å²) in [4.78, 5) is 18.5. The van der Waals surface area contributed by atoms with Crippen molar-refractivity contribution in [3.8, 4) is 0 Å². The quantitative estimate of drug-likeness (QED) is 0.555. The molecule has 0 unspecified atom stereocenters. The average Bonchev–Trinajstić information content (AvgIpc) is 2.39. The predicted molar refractivity (Wildman–Crippen MR) is 79.7 cm³/mol. The van der Waals surface area contributed by atoms with Gasteiger partial charge in [-0.2, -0.15) is 0 Å². The number of hydrogen-bond donors (Lipinski definition) is 1. The van der Waals surface area contributed by atoms with E-state index in [1.807, 2.05) is 0 Å². The number of aromatic carboxylic acids is 1. The molecule has 4 aliphatic rings. The highest BCUT2D eigenvalue weighted by molar-refractivity contribution is 9.10. The van der Waals surface area contributed by atoms with E-state index in [1.54, 1.807) is 0 Å². The van der Waals surface area contributed by atoms with Crippen LogP contribution >= 0.6 is 15.9 Å². The summed E-state index contributed by atoms with van der Waals surface area (Å²) in [5.74, 6) is -1.52. The fourth-order valence-corrected chi connectivity index (χ4v) is 4.53. The molecule has 0 saturated carbocycles. The molecule has 4 aliphatic heterocycles. The van der Waals surface area contributed by atoms with Crippen LogP contribution in [-0.4, -0.2) is 70.3 Å². The first-order valence-corrected chi connectivity index (χ1v) is 7.97. The van der Waals surface area contributed by atoms with Crippen LogP contribution in [0.15, 0.2) is 16.6 Å². The highest BCUT2D eigenvalue weighted by atomic mass is 79.9. The summed E-state index contributed by atoms with van der Waals surface area (Å²) in [5.41, 5.74) is 0.363. The smallest absolute Gasteiger partial charge is 0.336 e. The molecular weight excluding hydrogens is 435 g/mol. The van der Waals surface area contributed by atoms with Gasteiger partial charge in [-0.25, -0.2) is 23.9 Å². The van der Waals surface area contributed by atoms with Crippen LogP contribution in [0.5, 0.6) is 0 Å². The molecule has 1 aromatic rings. The minimum absolute atomic E-state index is 0. The Kier molecular flexibility index (Phi) is 4.54. The lowest BCUT2D eigenvalue weighted by molar-refractivity contribution is -0.991. The number of benzene rings is 1.